The van der Waals surface area contributed by atoms with Gasteiger partial charge in [0.1, 0.15) is 0 Å². The van der Waals surface area contributed by atoms with Gasteiger partial charge in [0.15, 0.2) is 5.96 Å². The van der Waals surface area contributed by atoms with Gasteiger partial charge < -0.3 is 20.1 Å². The number of nitrogens with zero attached hydrogens (tertiary/aromatic N) is 1. The van der Waals surface area contributed by atoms with Gasteiger partial charge in [0.2, 0.25) is 0 Å². The number of benzene rings is 1. The van der Waals surface area contributed by atoms with E-state index in [4.69, 9.17) is 9.47 Å². The largest absolute Gasteiger partial charge is 0.381 e. The van der Waals surface area contributed by atoms with E-state index < -0.39 is 0 Å². The van der Waals surface area contributed by atoms with Crippen LogP contribution in [0.15, 0.2) is 29.3 Å². The SMILES string of the molecule is CCNC(=NCc1cccc(C)c1)NCCCOC1CCOCC1. The molecule has 1 aliphatic rings. The zero-order valence-corrected chi connectivity index (χ0v) is 15.0. The molecule has 1 heterocycles. The number of hydrogen-bond acceptors (Lipinski definition) is 3. The van der Waals surface area contributed by atoms with Crippen LogP contribution in [0.3, 0.4) is 0 Å². The molecule has 0 unspecified atom stereocenters. The maximum absolute atomic E-state index is 5.89. The quantitative estimate of drug-likeness (QED) is 0.436. The summed E-state index contributed by atoms with van der Waals surface area (Å²) in [4.78, 5) is 4.65. The van der Waals surface area contributed by atoms with Crippen molar-refractivity contribution in [2.45, 2.75) is 45.8 Å². The molecule has 0 radical (unpaired) electrons. The number of hydrogen-bond donors (Lipinski definition) is 2. The molecule has 0 atom stereocenters. The second-order valence-corrected chi connectivity index (χ2v) is 6.15. The van der Waals surface area contributed by atoms with Crippen LogP contribution in [0.1, 0.15) is 37.3 Å². The first-order valence-electron chi connectivity index (χ1n) is 9.05. The maximum atomic E-state index is 5.89. The summed E-state index contributed by atoms with van der Waals surface area (Å²) in [5.41, 5.74) is 2.50. The molecule has 0 saturated carbocycles. The lowest BCUT2D eigenvalue weighted by molar-refractivity contribution is -0.0320. The Balaban J connectivity index is 1.67. The van der Waals surface area contributed by atoms with Gasteiger partial charge in [-0.25, -0.2) is 4.99 Å². The third-order valence-corrected chi connectivity index (χ3v) is 3.98. The van der Waals surface area contributed by atoms with Crippen molar-refractivity contribution in [3.8, 4) is 0 Å². The second-order valence-electron chi connectivity index (χ2n) is 6.15. The molecular weight excluding hydrogens is 302 g/mol. The summed E-state index contributed by atoms with van der Waals surface area (Å²) in [6.07, 6.45) is 3.40. The van der Waals surface area contributed by atoms with Crippen LogP contribution in [0.5, 0.6) is 0 Å². The summed E-state index contributed by atoms with van der Waals surface area (Å²) in [5, 5.41) is 6.67. The number of aliphatic imine (C=N–C) groups is 1. The van der Waals surface area contributed by atoms with Gasteiger partial charge in [-0.1, -0.05) is 29.8 Å². The lowest BCUT2D eigenvalue weighted by Crippen LogP contribution is -2.38. The first kappa shape index (κ1) is 18.7. The van der Waals surface area contributed by atoms with E-state index in [0.29, 0.717) is 12.6 Å². The van der Waals surface area contributed by atoms with E-state index in [1.807, 2.05) is 0 Å². The van der Waals surface area contributed by atoms with Crippen molar-refractivity contribution in [1.82, 2.24) is 10.6 Å². The summed E-state index contributed by atoms with van der Waals surface area (Å²) in [5.74, 6) is 0.866. The van der Waals surface area contributed by atoms with E-state index in [1.54, 1.807) is 0 Å². The molecule has 134 valence electrons. The average Bonchev–Trinajstić information content (AvgIpc) is 2.60. The van der Waals surface area contributed by atoms with Gasteiger partial charge in [0, 0.05) is 32.9 Å². The molecule has 1 aliphatic heterocycles. The molecule has 0 amide bonds. The fraction of sp³-hybridized carbons (Fsp3) is 0.632. The predicted molar refractivity (Wildman–Crippen MR) is 98.4 cm³/mol. The molecule has 1 aromatic rings. The summed E-state index contributed by atoms with van der Waals surface area (Å²) in [6, 6.07) is 8.47. The van der Waals surface area contributed by atoms with Gasteiger partial charge in [-0.2, -0.15) is 0 Å². The molecule has 2 rings (SSSR count). The van der Waals surface area contributed by atoms with Gasteiger partial charge in [-0.05, 0) is 38.7 Å². The molecule has 5 heteroatoms. The minimum Gasteiger partial charge on any atom is -0.381 e. The highest BCUT2D eigenvalue weighted by atomic mass is 16.5. The van der Waals surface area contributed by atoms with Gasteiger partial charge >= 0.3 is 0 Å². The molecule has 1 aromatic carbocycles. The summed E-state index contributed by atoms with van der Waals surface area (Å²) in [6.45, 7) is 9.05. The first-order chi connectivity index (χ1) is 11.8. The standard InChI is InChI=1S/C19H31N3O2/c1-3-20-19(22-15-17-7-4-6-16(2)14-17)21-10-5-11-24-18-8-12-23-13-9-18/h4,6-7,14,18H,3,5,8-13,15H2,1-2H3,(H2,20,21,22). The highest BCUT2D eigenvalue weighted by molar-refractivity contribution is 5.79. The molecule has 2 N–H and O–H groups in total. The minimum atomic E-state index is 0.377. The second kappa shape index (κ2) is 11.0. The van der Waals surface area contributed by atoms with Crippen molar-refractivity contribution in [2.24, 2.45) is 4.99 Å². The van der Waals surface area contributed by atoms with Crippen LogP contribution in [0, 0.1) is 6.92 Å². The van der Waals surface area contributed by atoms with Crippen molar-refractivity contribution in [3.63, 3.8) is 0 Å². The fourth-order valence-electron chi connectivity index (χ4n) is 2.69. The van der Waals surface area contributed by atoms with Crippen LogP contribution in [-0.4, -0.2) is 45.0 Å². The Hall–Kier alpha value is -1.59. The number of aryl methyl sites for hydroxylation is 1. The molecule has 1 saturated heterocycles. The number of ether oxygens (including phenoxy) is 2. The topological polar surface area (TPSA) is 54.9 Å². The fourth-order valence-corrected chi connectivity index (χ4v) is 2.69. The Morgan fingerprint density at radius 3 is 2.88 bits per heavy atom. The van der Waals surface area contributed by atoms with Crippen LogP contribution < -0.4 is 10.6 Å². The maximum Gasteiger partial charge on any atom is 0.191 e. The highest BCUT2D eigenvalue weighted by Crippen LogP contribution is 2.10. The van der Waals surface area contributed by atoms with Crippen LogP contribution >= 0.6 is 0 Å². The van der Waals surface area contributed by atoms with E-state index in [-0.39, 0.29) is 0 Å². The first-order valence-corrected chi connectivity index (χ1v) is 9.05. The van der Waals surface area contributed by atoms with E-state index >= 15 is 0 Å². The molecule has 0 aliphatic carbocycles. The van der Waals surface area contributed by atoms with Crippen molar-refractivity contribution in [2.75, 3.05) is 32.9 Å². The third-order valence-electron chi connectivity index (χ3n) is 3.98. The number of guanidine groups is 1. The smallest absolute Gasteiger partial charge is 0.191 e. The number of rotatable bonds is 8. The Kier molecular flexibility index (Phi) is 8.63. The normalized spacial score (nSPS) is 16.2. The molecule has 1 fully saturated rings. The zero-order valence-electron chi connectivity index (χ0n) is 15.0. The van der Waals surface area contributed by atoms with Gasteiger partial charge in [-0.15, -0.1) is 0 Å². The summed E-state index contributed by atoms with van der Waals surface area (Å²) < 4.78 is 11.2. The molecular formula is C19H31N3O2. The molecule has 0 bridgehead atoms. The minimum absolute atomic E-state index is 0.377. The average molecular weight is 333 g/mol. The lowest BCUT2D eigenvalue weighted by atomic mass is 10.1. The summed E-state index contributed by atoms with van der Waals surface area (Å²) >= 11 is 0. The van der Waals surface area contributed by atoms with Crippen molar-refractivity contribution < 1.29 is 9.47 Å². The molecule has 24 heavy (non-hydrogen) atoms. The van der Waals surface area contributed by atoms with Crippen LogP contribution in [0.4, 0.5) is 0 Å². The monoisotopic (exact) mass is 333 g/mol. The van der Waals surface area contributed by atoms with E-state index in [0.717, 1.165) is 58.1 Å². The molecule has 0 spiro atoms. The number of nitrogens with one attached hydrogen (secondary N) is 2. The Morgan fingerprint density at radius 2 is 2.12 bits per heavy atom. The van der Waals surface area contributed by atoms with Crippen LogP contribution in [-0.2, 0) is 16.0 Å². The molecule has 0 aromatic heterocycles. The van der Waals surface area contributed by atoms with E-state index in [2.05, 4.69) is 53.7 Å². The molecule has 5 nitrogen and oxygen atoms in total. The Labute approximate surface area is 145 Å². The van der Waals surface area contributed by atoms with E-state index in [9.17, 15) is 0 Å². The van der Waals surface area contributed by atoms with Crippen molar-refractivity contribution >= 4 is 5.96 Å². The van der Waals surface area contributed by atoms with E-state index in [1.165, 1.54) is 11.1 Å². The lowest BCUT2D eigenvalue weighted by Gasteiger charge is -2.22. The van der Waals surface area contributed by atoms with Crippen molar-refractivity contribution in [1.29, 1.82) is 0 Å². The highest BCUT2D eigenvalue weighted by Gasteiger charge is 2.13. The van der Waals surface area contributed by atoms with Crippen LogP contribution in [0.2, 0.25) is 0 Å². The Morgan fingerprint density at radius 1 is 1.29 bits per heavy atom. The summed E-state index contributed by atoms with van der Waals surface area (Å²) in [7, 11) is 0. The van der Waals surface area contributed by atoms with Gasteiger partial charge in [0.25, 0.3) is 0 Å². The van der Waals surface area contributed by atoms with Gasteiger partial charge in [0.05, 0.1) is 12.6 Å². The van der Waals surface area contributed by atoms with Crippen LogP contribution in [0.25, 0.3) is 0 Å². The third kappa shape index (κ3) is 7.32. The predicted octanol–water partition coefficient (Wildman–Crippen LogP) is 2.64. The van der Waals surface area contributed by atoms with Crippen molar-refractivity contribution in [3.05, 3.63) is 35.4 Å². The zero-order chi connectivity index (χ0) is 17.0. The Bertz CT molecular complexity index is 499. The van der Waals surface area contributed by atoms with Gasteiger partial charge in [-0.3, -0.25) is 0 Å².